The zero-order valence-corrected chi connectivity index (χ0v) is 8.57. The van der Waals surface area contributed by atoms with Crippen molar-refractivity contribution < 1.29 is 9.50 Å². The summed E-state index contributed by atoms with van der Waals surface area (Å²) in [5, 5.41) is 8.77. The summed E-state index contributed by atoms with van der Waals surface area (Å²) < 4.78 is 13.4. The van der Waals surface area contributed by atoms with Crippen LogP contribution in [-0.2, 0) is 0 Å². The molecule has 3 heteroatoms. The first-order valence-corrected chi connectivity index (χ1v) is 4.72. The van der Waals surface area contributed by atoms with Crippen LogP contribution >= 0.6 is 0 Å². The lowest BCUT2D eigenvalue weighted by Gasteiger charge is -2.24. The molecule has 0 aromatic heterocycles. The number of likely N-dealkylation sites (N-methyl/N-ethyl adjacent to an activating group) is 1. The number of rotatable bonds is 4. The van der Waals surface area contributed by atoms with Crippen molar-refractivity contribution >= 4 is 0 Å². The number of aliphatic hydroxyl groups excluding tert-OH is 1. The van der Waals surface area contributed by atoms with E-state index in [9.17, 15) is 4.39 Å². The Kier molecular flexibility index (Phi) is 4.04. The highest BCUT2D eigenvalue weighted by Gasteiger charge is 2.13. The van der Waals surface area contributed by atoms with Gasteiger partial charge in [0.25, 0.3) is 0 Å². The summed E-state index contributed by atoms with van der Waals surface area (Å²) in [6.45, 7) is 2.57. The van der Waals surface area contributed by atoms with Crippen LogP contribution in [0.3, 0.4) is 0 Å². The van der Waals surface area contributed by atoms with Gasteiger partial charge < -0.3 is 5.11 Å². The SMILES string of the molecule is CC(c1ccccc1F)N(C)CCO. The molecule has 1 rings (SSSR count). The second-order valence-corrected chi connectivity index (χ2v) is 3.40. The first kappa shape index (κ1) is 11.1. The normalized spacial score (nSPS) is 13.2. The molecule has 0 fully saturated rings. The maximum absolute atomic E-state index is 13.4. The van der Waals surface area contributed by atoms with E-state index in [0.717, 1.165) is 0 Å². The van der Waals surface area contributed by atoms with Gasteiger partial charge in [0.05, 0.1) is 6.61 Å². The molecule has 0 aliphatic rings. The maximum atomic E-state index is 13.4. The Morgan fingerprint density at radius 1 is 1.43 bits per heavy atom. The Labute approximate surface area is 84.0 Å². The smallest absolute Gasteiger partial charge is 0.127 e. The minimum atomic E-state index is -0.190. The van der Waals surface area contributed by atoms with Crippen molar-refractivity contribution in [1.29, 1.82) is 0 Å². The third-order valence-corrected chi connectivity index (χ3v) is 2.47. The summed E-state index contributed by atoms with van der Waals surface area (Å²) in [4.78, 5) is 1.92. The van der Waals surface area contributed by atoms with Gasteiger partial charge in [-0.3, -0.25) is 4.90 Å². The summed E-state index contributed by atoms with van der Waals surface area (Å²) in [6.07, 6.45) is 0. The third-order valence-electron chi connectivity index (χ3n) is 2.47. The minimum absolute atomic E-state index is 0.0108. The number of benzene rings is 1. The van der Waals surface area contributed by atoms with E-state index < -0.39 is 0 Å². The molecule has 0 spiro atoms. The topological polar surface area (TPSA) is 23.5 Å². The fourth-order valence-corrected chi connectivity index (χ4v) is 1.40. The molecule has 1 N–H and O–H groups in total. The van der Waals surface area contributed by atoms with E-state index in [4.69, 9.17) is 5.11 Å². The number of hydrogen-bond donors (Lipinski definition) is 1. The van der Waals surface area contributed by atoms with Gasteiger partial charge in [-0.05, 0) is 20.0 Å². The molecule has 0 radical (unpaired) electrons. The molecule has 0 amide bonds. The number of aliphatic hydroxyl groups is 1. The number of halogens is 1. The fraction of sp³-hybridized carbons (Fsp3) is 0.455. The second kappa shape index (κ2) is 5.08. The van der Waals surface area contributed by atoms with Crippen LogP contribution in [-0.4, -0.2) is 30.2 Å². The first-order chi connectivity index (χ1) is 6.66. The van der Waals surface area contributed by atoms with Crippen molar-refractivity contribution in [3.8, 4) is 0 Å². The molecule has 0 heterocycles. The van der Waals surface area contributed by atoms with Crippen molar-refractivity contribution in [1.82, 2.24) is 4.90 Å². The van der Waals surface area contributed by atoms with Crippen LogP contribution in [0.2, 0.25) is 0 Å². The monoisotopic (exact) mass is 197 g/mol. The highest BCUT2D eigenvalue weighted by atomic mass is 19.1. The molecule has 1 aromatic rings. The van der Waals surface area contributed by atoms with E-state index in [2.05, 4.69) is 0 Å². The largest absolute Gasteiger partial charge is 0.395 e. The standard InChI is InChI=1S/C11H16FNO/c1-9(13(2)7-8-14)10-5-3-4-6-11(10)12/h3-6,9,14H,7-8H2,1-2H3. The van der Waals surface area contributed by atoms with Crippen LogP contribution in [0.1, 0.15) is 18.5 Å². The summed E-state index contributed by atoms with van der Waals surface area (Å²) >= 11 is 0. The Balaban J connectivity index is 2.78. The van der Waals surface area contributed by atoms with Crippen molar-refractivity contribution in [2.75, 3.05) is 20.2 Å². The Morgan fingerprint density at radius 2 is 2.07 bits per heavy atom. The molecule has 2 nitrogen and oxygen atoms in total. The van der Waals surface area contributed by atoms with E-state index in [1.54, 1.807) is 12.1 Å². The van der Waals surface area contributed by atoms with Crippen molar-refractivity contribution in [2.45, 2.75) is 13.0 Å². The predicted octanol–water partition coefficient (Wildman–Crippen LogP) is 1.81. The Hall–Kier alpha value is -0.930. The number of nitrogens with zero attached hydrogens (tertiary/aromatic N) is 1. The number of hydrogen-bond acceptors (Lipinski definition) is 2. The quantitative estimate of drug-likeness (QED) is 0.795. The van der Waals surface area contributed by atoms with Gasteiger partial charge >= 0.3 is 0 Å². The van der Waals surface area contributed by atoms with E-state index in [1.165, 1.54) is 6.07 Å². The van der Waals surface area contributed by atoms with Crippen LogP contribution in [0.5, 0.6) is 0 Å². The Morgan fingerprint density at radius 3 is 2.64 bits per heavy atom. The van der Waals surface area contributed by atoms with Gasteiger partial charge in [-0.25, -0.2) is 4.39 Å². The van der Waals surface area contributed by atoms with Gasteiger partial charge in [0.2, 0.25) is 0 Å². The molecule has 0 saturated heterocycles. The van der Waals surface area contributed by atoms with Gasteiger partial charge in [0.15, 0.2) is 0 Å². The first-order valence-electron chi connectivity index (χ1n) is 4.72. The zero-order chi connectivity index (χ0) is 10.6. The van der Waals surface area contributed by atoms with Gasteiger partial charge in [0.1, 0.15) is 5.82 Å². The molecule has 0 aliphatic heterocycles. The van der Waals surface area contributed by atoms with Crippen molar-refractivity contribution in [3.05, 3.63) is 35.6 Å². The van der Waals surface area contributed by atoms with E-state index in [0.29, 0.717) is 12.1 Å². The van der Waals surface area contributed by atoms with Crippen LogP contribution < -0.4 is 0 Å². The lowest BCUT2D eigenvalue weighted by Crippen LogP contribution is -2.26. The molecule has 1 unspecified atom stereocenters. The zero-order valence-electron chi connectivity index (χ0n) is 8.57. The van der Waals surface area contributed by atoms with Crippen molar-refractivity contribution in [3.63, 3.8) is 0 Å². The van der Waals surface area contributed by atoms with Crippen LogP contribution in [0.15, 0.2) is 24.3 Å². The molecular formula is C11H16FNO. The Bertz CT molecular complexity index is 290. The van der Waals surface area contributed by atoms with Gasteiger partial charge in [-0.2, -0.15) is 0 Å². The van der Waals surface area contributed by atoms with Gasteiger partial charge in [-0.1, -0.05) is 18.2 Å². The minimum Gasteiger partial charge on any atom is -0.395 e. The molecular weight excluding hydrogens is 181 g/mol. The van der Waals surface area contributed by atoms with E-state index in [1.807, 2.05) is 24.9 Å². The third kappa shape index (κ3) is 2.53. The second-order valence-electron chi connectivity index (χ2n) is 3.40. The summed E-state index contributed by atoms with van der Waals surface area (Å²) in [7, 11) is 1.87. The molecule has 1 atom stereocenters. The summed E-state index contributed by atoms with van der Waals surface area (Å²) in [5.74, 6) is -0.190. The average Bonchev–Trinajstić information content (AvgIpc) is 2.18. The average molecular weight is 197 g/mol. The molecule has 78 valence electrons. The van der Waals surface area contributed by atoms with Crippen LogP contribution in [0.25, 0.3) is 0 Å². The predicted molar refractivity (Wildman–Crippen MR) is 54.5 cm³/mol. The van der Waals surface area contributed by atoms with Crippen molar-refractivity contribution in [2.24, 2.45) is 0 Å². The van der Waals surface area contributed by atoms with E-state index in [-0.39, 0.29) is 18.5 Å². The molecule has 0 aliphatic carbocycles. The lowest BCUT2D eigenvalue weighted by atomic mass is 10.1. The lowest BCUT2D eigenvalue weighted by molar-refractivity contribution is 0.186. The molecule has 14 heavy (non-hydrogen) atoms. The highest BCUT2D eigenvalue weighted by Crippen LogP contribution is 2.20. The summed E-state index contributed by atoms with van der Waals surface area (Å²) in [5.41, 5.74) is 0.670. The summed E-state index contributed by atoms with van der Waals surface area (Å²) in [6, 6.07) is 6.72. The highest BCUT2D eigenvalue weighted by molar-refractivity contribution is 5.20. The maximum Gasteiger partial charge on any atom is 0.127 e. The van der Waals surface area contributed by atoms with Gasteiger partial charge in [0, 0.05) is 18.2 Å². The van der Waals surface area contributed by atoms with Gasteiger partial charge in [-0.15, -0.1) is 0 Å². The molecule has 0 bridgehead atoms. The van der Waals surface area contributed by atoms with E-state index >= 15 is 0 Å². The molecule has 0 saturated carbocycles. The fourth-order valence-electron chi connectivity index (χ4n) is 1.40. The van der Waals surface area contributed by atoms with Crippen LogP contribution in [0, 0.1) is 5.82 Å². The molecule has 1 aromatic carbocycles. The van der Waals surface area contributed by atoms with Crippen LogP contribution in [0.4, 0.5) is 4.39 Å².